The maximum atomic E-state index is 9.52. The van der Waals surface area contributed by atoms with Gasteiger partial charge in [-0.2, -0.15) is 0 Å². The van der Waals surface area contributed by atoms with Crippen LogP contribution in [0.2, 0.25) is 0 Å². The second-order valence-corrected chi connectivity index (χ2v) is 3.59. The van der Waals surface area contributed by atoms with Crippen molar-refractivity contribution >= 4 is 6.21 Å². The third-order valence-electron chi connectivity index (χ3n) is 2.33. The van der Waals surface area contributed by atoms with Crippen LogP contribution >= 0.6 is 0 Å². The van der Waals surface area contributed by atoms with Crippen molar-refractivity contribution in [2.45, 2.75) is 19.3 Å². The van der Waals surface area contributed by atoms with Crippen LogP contribution in [-0.4, -0.2) is 30.9 Å². The first kappa shape index (κ1) is 11.1. The molecule has 0 unspecified atom stereocenters. The lowest BCUT2D eigenvalue weighted by atomic mass is 10.2. The van der Waals surface area contributed by atoms with Gasteiger partial charge in [0.15, 0.2) is 0 Å². The van der Waals surface area contributed by atoms with Crippen molar-refractivity contribution in [2.24, 2.45) is 4.99 Å². The Kier molecular flexibility index (Phi) is 3.91. The molecule has 1 aromatic carbocycles. The Morgan fingerprint density at radius 3 is 2.56 bits per heavy atom. The maximum Gasteiger partial charge on any atom is 0.258 e. The average Bonchev–Trinajstić information content (AvgIpc) is 2.56. The fraction of sp³-hybridized carbons (Fsp3) is 0.417. The zero-order valence-corrected chi connectivity index (χ0v) is 9.00. The Morgan fingerprint density at radius 2 is 1.88 bits per heavy atom. The summed E-state index contributed by atoms with van der Waals surface area (Å²) in [5, 5.41) is 9.52. The predicted octanol–water partition coefficient (Wildman–Crippen LogP) is 1.92. The van der Waals surface area contributed by atoms with Crippen LogP contribution in [0, 0.1) is 0 Å². The molecule has 1 heterocycles. The number of phenolic OH excluding ortho intramolecular Hbond substituents is 1. The highest BCUT2D eigenvalue weighted by Gasteiger charge is 2.10. The molecule has 0 saturated carbocycles. The third kappa shape index (κ3) is 3.05. The first-order valence-corrected chi connectivity index (χ1v) is 5.40. The monoisotopic (exact) mass is 221 g/mol. The summed E-state index contributed by atoms with van der Waals surface area (Å²) in [7, 11) is 0. The number of para-hydroxylation sites is 1. The van der Waals surface area contributed by atoms with Crippen LogP contribution in [0.15, 0.2) is 29.3 Å². The zero-order valence-electron chi connectivity index (χ0n) is 9.00. The Morgan fingerprint density at radius 1 is 1.19 bits per heavy atom. The SMILES string of the molecule is Oc1ccccc1C=NC1OCCCCO1. The van der Waals surface area contributed by atoms with E-state index in [2.05, 4.69) is 4.99 Å². The molecule has 0 atom stereocenters. The number of aliphatic imine (C=N–C) groups is 1. The number of rotatable bonds is 2. The molecule has 4 heteroatoms. The number of benzene rings is 1. The van der Waals surface area contributed by atoms with Crippen LogP contribution in [0.1, 0.15) is 18.4 Å². The lowest BCUT2D eigenvalue weighted by molar-refractivity contribution is -0.118. The van der Waals surface area contributed by atoms with Gasteiger partial charge in [0.1, 0.15) is 5.75 Å². The standard InChI is InChI=1S/C12H15NO3/c14-11-6-2-1-5-10(11)9-13-12-15-7-3-4-8-16-12/h1-2,5-6,9,12,14H,3-4,7-8H2. The largest absolute Gasteiger partial charge is 0.507 e. The van der Waals surface area contributed by atoms with Crippen LogP contribution in [0.4, 0.5) is 0 Å². The molecule has 0 aromatic heterocycles. The molecule has 4 nitrogen and oxygen atoms in total. The number of nitrogens with zero attached hydrogens (tertiary/aromatic N) is 1. The molecule has 16 heavy (non-hydrogen) atoms. The lowest BCUT2D eigenvalue weighted by Gasteiger charge is -2.09. The van der Waals surface area contributed by atoms with Crippen molar-refractivity contribution in [3.05, 3.63) is 29.8 Å². The van der Waals surface area contributed by atoms with E-state index in [9.17, 15) is 5.11 Å². The van der Waals surface area contributed by atoms with Crippen LogP contribution in [0.5, 0.6) is 5.75 Å². The van der Waals surface area contributed by atoms with Crippen molar-refractivity contribution in [2.75, 3.05) is 13.2 Å². The second-order valence-electron chi connectivity index (χ2n) is 3.59. The van der Waals surface area contributed by atoms with Gasteiger partial charge in [-0.3, -0.25) is 0 Å². The van der Waals surface area contributed by atoms with Gasteiger partial charge in [-0.25, -0.2) is 4.99 Å². The molecule has 0 aliphatic carbocycles. The molecule has 1 N–H and O–H groups in total. The van der Waals surface area contributed by atoms with Crippen molar-refractivity contribution in [3.8, 4) is 5.75 Å². The van der Waals surface area contributed by atoms with E-state index in [0.29, 0.717) is 18.8 Å². The first-order valence-electron chi connectivity index (χ1n) is 5.40. The Hall–Kier alpha value is -1.39. The molecule has 1 aliphatic rings. The van der Waals surface area contributed by atoms with Gasteiger partial charge in [-0.1, -0.05) is 12.1 Å². The first-order chi connectivity index (χ1) is 7.86. The van der Waals surface area contributed by atoms with Crippen molar-refractivity contribution < 1.29 is 14.6 Å². The number of hydrogen-bond donors (Lipinski definition) is 1. The summed E-state index contributed by atoms with van der Waals surface area (Å²) >= 11 is 0. The molecule has 1 aliphatic heterocycles. The molecule has 1 aromatic rings. The smallest absolute Gasteiger partial charge is 0.258 e. The third-order valence-corrected chi connectivity index (χ3v) is 2.33. The molecule has 0 radical (unpaired) electrons. The number of hydrogen-bond acceptors (Lipinski definition) is 4. The Labute approximate surface area is 94.5 Å². The van der Waals surface area contributed by atoms with Crippen molar-refractivity contribution in [1.29, 1.82) is 0 Å². The molecule has 0 spiro atoms. The number of aromatic hydroxyl groups is 1. The van der Waals surface area contributed by atoms with Crippen LogP contribution in [0.3, 0.4) is 0 Å². The fourth-order valence-corrected chi connectivity index (χ4v) is 1.44. The molecule has 0 bridgehead atoms. The van der Waals surface area contributed by atoms with E-state index in [4.69, 9.17) is 9.47 Å². The van der Waals surface area contributed by atoms with Gasteiger partial charge in [0.2, 0.25) is 0 Å². The Balaban J connectivity index is 2.00. The maximum absolute atomic E-state index is 9.52. The van der Waals surface area contributed by atoms with Gasteiger partial charge in [0.25, 0.3) is 6.41 Å². The fourth-order valence-electron chi connectivity index (χ4n) is 1.44. The molecule has 86 valence electrons. The van der Waals surface area contributed by atoms with E-state index in [0.717, 1.165) is 12.8 Å². The van der Waals surface area contributed by atoms with Crippen molar-refractivity contribution in [3.63, 3.8) is 0 Å². The molecule has 0 amide bonds. The highest BCUT2D eigenvalue weighted by Crippen LogP contribution is 2.14. The summed E-state index contributed by atoms with van der Waals surface area (Å²) in [6, 6.07) is 7.02. The number of phenols is 1. The van der Waals surface area contributed by atoms with Gasteiger partial charge >= 0.3 is 0 Å². The Bertz CT molecular complexity index is 357. The van der Waals surface area contributed by atoms with Crippen LogP contribution < -0.4 is 0 Å². The zero-order chi connectivity index (χ0) is 11.2. The summed E-state index contributed by atoms with van der Waals surface area (Å²) in [6.45, 7) is 1.34. The summed E-state index contributed by atoms with van der Waals surface area (Å²) in [4.78, 5) is 4.14. The lowest BCUT2D eigenvalue weighted by Crippen LogP contribution is -2.12. The second kappa shape index (κ2) is 5.63. The summed E-state index contributed by atoms with van der Waals surface area (Å²) < 4.78 is 10.7. The quantitative estimate of drug-likeness (QED) is 0.776. The predicted molar refractivity (Wildman–Crippen MR) is 60.6 cm³/mol. The van der Waals surface area contributed by atoms with Gasteiger partial charge < -0.3 is 14.6 Å². The van der Waals surface area contributed by atoms with E-state index in [1.807, 2.05) is 6.07 Å². The van der Waals surface area contributed by atoms with Crippen LogP contribution in [0.25, 0.3) is 0 Å². The highest BCUT2D eigenvalue weighted by atomic mass is 16.7. The number of ether oxygens (including phenoxy) is 2. The van der Waals surface area contributed by atoms with E-state index in [-0.39, 0.29) is 5.75 Å². The summed E-state index contributed by atoms with van der Waals surface area (Å²) in [5.74, 6) is 0.208. The molecule has 1 fully saturated rings. The average molecular weight is 221 g/mol. The van der Waals surface area contributed by atoms with Gasteiger partial charge in [-0.05, 0) is 25.0 Å². The van der Waals surface area contributed by atoms with E-state index < -0.39 is 6.41 Å². The normalized spacial score (nSPS) is 18.8. The minimum Gasteiger partial charge on any atom is -0.507 e. The van der Waals surface area contributed by atoms with Crippen molar-refractivity contribution in [1.82, 2.24) is 0 Å². The van der Waals surface area contributed by atoms with Crippen LogP contribution in [-0.2, 0) is 9.47 Å². The molecule has 1 saturated heterocycles. The molecular formula is C12H15NO3. The van der Waals surface area contributed by atoms with Gasteiger partial charge in [-0.15, -0.1) is 0 Å². The highest BCUT2D eigenvalue weighted by molar-refractivity contribution is 5.83. The minimum absolute atomic E-state index is 0.208. The van der Waals surface area contributed by atoms with E-state index in [1.165, 1.54) is 0 Å². The summed E-state index contributed by atoms with van der Waals surface area (Å²) in [5.41, 5.74) is 0.666. The van der Waals surface area contributed by atoms with E-state index in [1.54, 1.807) is 24.4 Å². The van der Waals surface area contributed by atoms with E-state index >= 15 is 0 Å². The molecular weight excluding hydrogens is 206 g/mol. The van der Waals surface area contributed by atoms with Gasteiger partial charge in [0.05, 0.1) is 13.2 Å². The molecule has 2 rings (SSSR count). The minimum atomic E-state index is -0.540. The topological polar surface area (TPSA) is 51.1 Å². The summed E-state index contributed by atoms with van der Waals surface area (Å²) in [6.07, 6.45) is 3.04. The van der Waals surface area contributed by atoms with Gasteiger partial charge in [0, 0.05) is 11.8 Å².